The van der Waals surface area contributed by atoms with Crippen LogP contribution in [-0.2, 0) is 11.3 Å². The molecule has 0 saturated heterocycles. The fourth-order valence-corrected chi connectivity index (χ4v) is 1.47. The molecule has 0 aliphatic heterocycles. The summed E-state index contributed by atoms with van der Waals surface area (Å²) in [6.07, 6.45) is 2.65. The van der Waals surface area contributed by atoms with Gasteiger partial charge in [0.25, 0.3) is 5.91 Å². The number of hydrogen-bond donors (Lipinski definition) is 3. The van der Waals surface area contributed by atoms with Gasteiger partial charge in [0.1, 0.15) is 0 Å². The molecule has 0 saturated carbocycles. The number of nitrogens with one attached hydrogen (secondary N) is 2. The number of hydrogen-bond acceptors (Lipinski definition) is 5. The lowest BCUT2D eigenvalue weighted by Crippen LogP contribution is -2.35. The summed E-state index contributed by atoms with van der Waals surface area (Å²) in [6.45, 7) is 5.15. The number of carbonyl (C=O) groups excluding carboxylic acids is 2. The molecule has 1 heterocycles. The second-order valence-electron chi connectivity index (χ2n) is 4.54. The molecule has 0 spiro atoms. The van der Waals surface area contributed by atoms with Crippen molar-refractivity contribution in [2.24, 2.45) is 5.73 Å². The SMILES string of the molecule is CCC(C)NC(=O)CCNC(=O)c1cn(CCN)nn1. The van der Waals surface area contributed by atoms with Crippen LogP contribution in [0.3, 0.4) is 0 Å². The van der Waals surface area contributed by atoms with Crippen molar-refractivity contribution in [1.82, 2.24) is 25.6 Å². The third kappa shape index (κ3) is 5.35. The maximum Gasteiger partial charge on any atom is 0.273 e. The molecule has 20 heavy (non-hydrogen) atoms. The van der Waals surface area contributed by atoms with Gasteiger partial charge >= 0.3 is 0 Å². The lowest BCUT2D eigenvalue weighted by Gasteiger charge is -2.11. The fourth-order valence-electron chi connectivity index (χ4n) is 1.47. The molecule has 1 aromatic rings. The lowest BCUT2D eigenvalue weighted by atomic mass is 10.2. The predicted molar refractivity (Wildman–Crippen MR) is 73.9 cm³/mol. The average molecular weight is 282 g/mol. The van der Waals surface area contributed by atoms with Crippen molar-refractivity contribution >= 4 is 11.8 Å². The van der Waals surface area contributed by atoms with Gasteiger partial charge in [-0.15, -0.1) is 5.10 Å². The minimum atomic E-state index is -0.343. The maximum absolute atomic E-state index is 11.7. The van der Waals surface area contributed by atoms with Crippen LogP contribution in [-0.4, -0.2) is 45.9 Å². The lowest BCUT2D eigenvalue weighted by molar-refractivity contribution is -0.121. The summed E-state index contributed by atoms with van der Waals surface area (Å²) in [5, 5.41) is 13.0. The molecule has 8 heteroatoms. The van der Waals surface area contributed by atoms with Crippen molar-refractivity contribution in [1.29, 1.82) is 0 Å². The monoisotopic (exact) mass is 282 g/mol. The van der Waals surface area contributed by atoms with Crippen LogP contribution in [0, 0.1) is 0 Å². The van der Waals surface area contributed by atoms with E-state index in [1.807, 2.05) is 13.8 Å². The van der Waals surface area contributed by atoms with Gasteiger partial charge < -0.3 is 16.4 Å². The Morgan fingerprint density at radius 2 is 2.25 bits per heavy atom. The third-order valence-corrected chi connectivity index (χ3v) is 2.79. The van der Waals surface area contributed by atoms with Gasteiger partial charge in [-0.1, -0.05) is 12.1 Å². The summed E-state index contributed by atoms with van der Waals surface area (Å²) in [6, 6.07) is 0.148. The fraction of sp³-hybridized carbons (Fsp3) is 0.667. The molecule has 112 valence electrons. The number of amides is 2. The summed E-state index contributed by atoms with van der Waals surface area (Å²) in [5.74, 6) is -0.420. The zero-order valence-electron chi connectivity index (χ0n) is 11.9. The third-order valence-electron chi connectivity index (χ3n) is 2.79. The van der Waals surface area contributed by atoms with Crippen molar-refractivity contribution in [2.45, 2.75) is 39.3 Å². The van der Waals surface area contributed by atoms with Gasteiger partial charge in [-0.25, -0.2) is 0 Å². The van der Waals surface area contributed by atoms with Crippen LogP contribution in [0.5, 0.6) is 0 Å². The Morgan fingerprint density at radius 1 is 1.50 bits per heavy atom. The molecular weight excluding hydrogens is 260 g/mol. The van der Waals surface area contributed by atoms with Crippen molar-refractivity contribution in [3.05, 3.63) is 11.9 Å². The van der Waals surface area contributed by atoms with E-state index in [1.54, 1.807) is 0 Å². The van der Waals surface area contributed by atoms with Gasteiger partial charge in [0, 0.05) is 25.6 Å². The number of nitrogens with zero attached hydrogens (tertiary/aromatic N) is 3. The van der Waals surface area contributed by atoms with Crippen molar-refractivity contribution in [3.8, 4) is 0 Å². The number of nitrogens with two attached hydrogens (primary N) is 1. The van der Waals surface area contributed by atoms with Crippen molar-refractivity contribution in [3.63, 3.8) is 0 Å². The molecule has 1 aromatic heterocycles. The van der Waals surface area contributed by atoms with Gasteiger partial charge in [-0.2, -0.15) is 0 Å². The Kier molecular flexibility index (Phi) is 6.65. The highest BCUT2D eigenvalue weighted by Gasteiger charge is 2.11. The Labute approximate surface area is 118 Å². The zero-order chi connectivity index (χ0) is 15.0. The van der Waals surface area contributed by atoms with E-state index in [0.29, 0.717) is 13.1 Å². The molecule has 0 aliphatic rings. The first kappa shape index (κ1) is 16.1. The molecule has 0 aromatic carbocycles. The minimum absolute atomic E-state index is 0.0774. The summed E-state index contributed by atoms with van der Waals surface area (Å²) >= 11 is 0. The Morgan fingerprint density at radius 3 is 2.90 bits per heavy atom. The quantitative estimate of drug-likeness (QED) is 0.581. The van der Waals surface area contributed by atoms with E-state index in [9.17, 15) is 9.59 Å². The number of carbonyl (C=O) groups is 2. The van der Waals surface area contributed by atoms with Crippen LogP contribution in [0.2, 0.25) is 0 Å². The van der Waals surface area contributed by atoms with E-state index in [4.69, 9.17) is 5.73 Å². The smallest absolute Gasteiger partial charge is 0.273 e. The molecule has 1 rings (SSSR count). The molecule has 1 atom stereocenters. The summed E-state index contributed by atoms with van der Waals surface area (Å²) < 4.78 is 1.50. The second-order valence-corrected chi connectivity index (χ2v) is 4.54. The highest BCUT2D eigenvalue weighted by molar-refractivity contribution is 5.92. The van der Waals surface area contributed by atoms with Crippen LogP contribution >= 0.6 is 0 Å². The molecule has 2 amide bonds. The zero-order valence-corrected chi connectivity index (χ0v) is 11.9. The Hall–Kier alpha value is -1.96. The summed E-state index contributed by atoms with van der Waals surface area (Å²) in [7, 11) is 0. The van der Waals surface area contributed by atoms with Gasteiger partial charge in [0.15, 0.2) is 5.69 Å². The van der Waals surface area contributed by atoms with E-state index in [0.717, 1.165) is 6.42 Å². The molecule has 0 aliphatic carbocycles. The van der Waals surface area contributed by atoms with Crippen molar-refractivity contribution < 1.29 is 9.59 Å². The van der Waals surface area contributed by atoms with E-state index >= 15 is 0 Å². The first-order valence-electron chi connectivity index (χ1n) is 6.74. The average Bonchev–Trinajstić information content (AvgIpc) is 2.87. The highest BCUT2D eigenvalue weighted by atomic mass is 16.2. The van der Waals surface area contributed by atoms with Crippen molar-refractivity contribution in [2.75, 3.05) is 13.1 Å². The number of aromatic nitrogens is 3. The molecule has 0 radical (unpaired) electrons. The summed E-state index contributed by atoms with van der Waals surface area (Å²) in [4.78, 5) is 23.2. The van der Waals surface area contributed by atoms with E-state index in [2.05, 4.69) is 20.9 Å². The van der Waals surface area contributed by atoms with Crippen LogP contribution in [0.1, 0.15) is 37.2 Å². The van der Waals surface area contributed by atoms with Crippen LogP contribution in [0.15, 0.2) is 6.20 Å². The largest absolute Gasteiger partial charge is 0.354 e. The molecule has 0 bridgehead atoms. The van der Waals surface area contributed by atoms with Gasteiger partial charge in [0.05, 0.1) is 12.7 Å². The number of rotatable bonds is 8. The highest BCUT2D eigenvalue weighted by Crippen LogP contribution is 1.93. The molecular formula is C12H22N6O2. The predicted octanol–water partition coefficient (Wildman–Crippen LogP) is -0.729. The first-order chi connectivity index (χ1) is 9.56. The van der Waals surface area contributed by atoms with Crippen LogP contribution in [0.4, 0.5) is 0 Å². The van der Waals surface area contributed by atoms with Gasteiger partial charge in [-0.05, 0) is 13.3 Å². The Bertz CT molecular complexity index is 445. The minimum Gasteiger partial charge on any atom is -0.354 e. The first-order valence-corrected chi connectivity index (χ1v) is 6.74. The maximum atomic E-state index is 11.7. The molecule has 1 unspecified atom stereocenters. The normalized spacial score (nSPS) is 11.9. The molecule has 8 nitrogen and oxygen atoms in total. The van der Waals surface area contributed by atoms with Gasteiger partial charge in [0.2, 0.25) is 5.91 Å². The molecule has 0 fully saturated rings. The van der Waals surface area contributed by atoms with Gasteiger partial charge in [-0.3, -0.25) is 14.3 Å². The van der Waals surface area contributed by atoms with Crippen LogP contribution < -0.4 is 16.4 Å². The second kappa shape index (κ2) is 8.26. The topological polar surface area (TPSA) is 115 Å². The van der Waals surface area contributed by atoms with E-state index in [1.165, 1.54) is 10.9 Å². The van der Waals surface area contributed by atoms with Crippen LogP contribution in [0.25, 0.3) is 0 Å². The van der Waals surface area contributed by atoms with E-state index in [-0.39, 0.29) is 36.5 Å². The molecule has 4 N–H and O–H groups in total. The summed E-state index contributed by atoms with van der Waals surface area (Å²) in [5.41, 5.74) is 5.60. The Balaban J connectivity index is 2.30. The van der Waals surface area contributed by atoms with E-state index < -0.39 is 0 Å². The standard InChI is InChI=1S/C12H22N6O2/c1-3-9(2)15-11(19)4-6-14-12(20)10-8-18(7-5-13)17-16-10/h8-9H,3-7,13H2,1-2H3,(H,14,20)(H,15,19).